The summed E-state index contributed by atoms with van der Waals surface area (Å²) in [5, 5.41) is 21.7. The molecular formula is C18H14F2N2O5. The molecule has 0 atom stereocenters. The highest BCUT2D eigenvalue weighted by Crippen LogP contribution is 2.22. The van der Waals surface area contributed by atoms with Crippen molar-refractivity contribution >= 4 is 23.5 Å². The average Bonchev–Trinajstić information content (AvgIpc) is 2.62. The van der Waals surface area contributed by atoms with Crippen molar-refractivity contribution in [2.24, 2.45) is 0 Å². The lowest BCUT2D eigenvalue weighted by Crippen LogP contribution is -1.94. The van der Waals surface area contributed by atoms with E-state index in [0.717, 1.165) is 24.3 Å². The molecule has 0 radical (unpaired) electrons. The van der Waals surface area contributed by atoms with Crippen LogP contribution in [0, 0.1) is 31.9 Å². The smallest absolute Gasteiger partial charge is 0.279 e. The van der Waals surface area contributed by atoms with Crippen molar-refractivity contribution in [2.45, 2.75) is 0 Å². The van der Waals surface area contributed by atoms with Crippen molar-refractivity contribution < 1.29 is 23.4 Å². The lowest BCUT2D eigenvalue weighted by Gasteiger charge is -1.99. The van der Waals surface area contributed by atoms with Gasteiger partial charge in [0, 0.05) is 0 Å². The Hall–Kier alpha value is -3.46. The molecular weight excluding hydrogens is 362 g/mol. The molecule has 0 N–H and O–H groups in total. The van der Waals surface area contributed by atoms with Gasteiger partial charge in [-0.1, -0.05) is 12.2 Å². The molecule has 0 fully saturated rings. The van der Waals surface area contributed by atoms with E-state index >= 15 is 0 Å². The summed E-state index contributed by atoms with van der Waals surface area (Å²) in [6.07, 6.45) is 5.92. The molecule has 0 aromatic heterocycles. The number of nitro groups is 2. The Morgan fingerprint density at radius 3 is 1.59 bits per heavy atom. The molecule has 0 saturated carbocycles. The van der Waals surface area contributed by atoms with Crippen molar-refractivity contribution in [1.82, 2.24) is 0 Å². The fraction of sp³-hybridized carbons (Fsp3) is 0.111. The zero-order chi connectivity index (χ0) is 19.8. The normalized spacial score (nSPS) is 11.3. The number of nitro benzene ring substituents is 2. The third-order valence-electron chi connectivity index (χ3n) is 3.40. The Labute approximate surface area is 152 Å². The maximum Gasteiger partial charge on any atom is 0.279 e. The quantitative estimate of drug-likeness (QED) is 0.383. The molecule has 0 aliphatic heterocycles. The van der Waals surface area contributed by atoms with Gasteiger partial charge in [-0.15, -0.1) is 0 Å². The summed E-state index contributed by atoms with van der Waals surface area (Å²) in [5.41, 5.74) is -0.227. The van der Waals surface area contributed by atoms with Crippen LogP contribution in [0.3, 0.4) is 0 Å². The molecule has 0 saturated heterocycles. The van der Waals surface area contributed by atoms with E-state index in [0.29, 0.717) is 0 Å². The van der Waals surface area contributed by atoms with Gasteiger partial charge in [0.1, 0.15) is 11.6 Å². The van der Waals surface area contributed by atoms with Gasteiger partial charge in [-0.3, -0.25) is 20.2 Å². The van der Waals surface area contributed by atoms with E-state index in [9.17, 15) is 29.0 Å². The Morgan fingerprint density at radius 2 is 1.22 bits per heavy atom. The molecule has 7 nitrogen and oxygen atoms in total. The zero-order valence-electron chi connectivity index (χ0n) is 13.9. The highest BCUT2D eigenvalue weighted by atomic mass is 19.1. The molecule has 0 heterocycles. The van der Waals surface area contributed by atoms with Crippen LogP contribution in [-0.4, -0.2) is 23.1 Å². The Balaban J connectivity index is 1.90. The van der Waals surface area contributed by atoms with E-state index in [1.165, 1.54) is 36.4 Å². The predicted octanol–water partition coefficient (Wildman–Crippen LogP) is 4.52. The van der Waals surface area contributed by atoms with Crippen LogP contribution in [0.1, 0.15) is 11.1 Å². The fourth-order valence-electron chi connectivity index (χ4n) is 2.19. The first-order valence-electron chi connectivity index (χ1n) is 7.67. The summed E-state index contributed by atoms with van der Waals surface area (Å²) in [6.45, 7) is 0.231. The molecule has 2 aromatic rings. The maximum absolute atomic E-state index is 13.1. The minimum Gasteiger partial charge on any atom is -0.373 e. The summed E-state index contributed by atoms with van der Waals surface area (Å²) in [5.74, 6) is -1.40. The molecule has 0 aliphatic rings. The molecule has 0 aliphatic carbocycles. The van der Waals surface area contributed by atoms with Gasteiger partial charge in [-0.2, -0.15) is 0 Å². The molecule has 2 rings (SSSR count). The van der Waals surface area contributed by atoms with E-state index < -0.39 is 21.5 Å². The largest absolute Gasteiger partial charge is 0.373 e. The van der Waals surface area contributed by atoms with Crippen molar-refractivity contribution in [2.75, 3.05) is 13.2 Å². The minimum atomic E-state index is -0.699. The molecule has 140 valence electrons. The van der Waals surface area contributed by atoms with Crippen molar-refractivity contribution in [3.05, 3.63) is 91.5 Å². The first-order valence-corrected chi connectivity index (χ1v) is 7.67. The second-order valence-electron chi connectivity index (χ2n) is 5.26. The molecule has 0 bridgehead atoms. The standard InChI is InChI=1S/C18H14F2N2O5/c19-15-7-5-13(17(11-15)21(23)24)3-1-9-27-10-2-4-14-6-8-16(20)12-18(14)22(25)26/h1-8,11-12H,9-10H2. The number of rotatable bonds is 8. The molecule has 0 amide bonds. The number of hydrogen-bond acceptors (Lipinski definition) is 5. The van der Waals surface area contributed by atoms with Crippen molar-refractivity contribution in [3.8, 4) is 0 Å². The van der Waals surface area contributed by atoms with Crippen LogP contribution in [0.4, 0.5) is 20.2 Å². The molecule has 0 spiro atoms. The van der Waals surface area contributed by atoms with E-state index in [2.05, 4.69) is 0 Å². The van der Waals surface area contributed by atoms with Crippen LogP contribution in [0.2, 0.25) is 0 Å². The van der Waals surface area contributed by atoms with Gasteiger partial charge in [-0.05, 0) is 36.4 Å². The Kier molecular flexibility index (Phi) is 6.84. The maximum atomic E-state index is 13.1. The van der Waals surface area contributed by atoms with Gasteiger partial charge in [0.15, 0.2) is 0 Å². The van der Waals surface area contributed by atoms with Crippen molar-refractivity contribution in [1.29, 1.82) is 0 Å². The Morgan fingerprint density at radius 1 is 0.815 bits per heavy atom. The SMILES string of the molecule is O=[N+]([O-])c1cc(F)ccc1C=CCOCC=Cc1ccc(F)cc1[N+](=O)[O-]. The lowest BCUT2D eigenvalue weighted by molar-refractivity contribution is -0.385. The number of hydrogen-bond donors (Lipinski definition) is 0. The second kappa shape index (κ2) is 9.30. The highest BCUT2D eigenvalue weighted by Gasteiger charge is 2.13. The van der Waals surface area contributed by atoms with Gasteiger partial charge >= 0.3 is 0 Å². The predicted molar refractivity (Wildman–Crippen MR) is 95.0 cm³/mol. The first-order chi connectivity index (χ1) is 12.9. The minimum absolute atomic E-state index is 0.115. The van der Waals surface area contributed by atoms with Crippen LogP contribution in [0.25, 0.3) is 12.2 Å². The van der Waals surface area contributed by atoms with Crippen LogP contribution < -0.4 is 0 Å². The second-order valence-corrected chi connectivity index (χ2v) is 5.26. The summed E-state index contributed by atoms with van der Waals surface area (Å²) in [7, 11) is 0. The lowest BCUT2D eigenvalue weighted by atomic mass is 10.1. The van der Waals surface area contributed by atoms with Crippen molar-refractivity contribution in [3.63, 3.8) is 0 Å². The van der Waals surface area contributed by atoms with Crippen LogP contribution >= 0.6 is 0 Å². The third-order valence-corrected chi connectivity index (χ3v) is 3.40. The number of ether oxygens (including phenoxy) is 1. The van der Waals surface area contributed by atoms with Gasteiger partial charge < -0.3 is 4.74 Å². The van der Waals surface area contributed by atoms with E-state index in [-0.39, 0.29) is 35.7 Å². The van der Waals surface area contributed by atoms with E-state index in [1.807, 2.05) is 0 Å². The first kappa shape index (κ1) is 19.9. The van der Waals surface area contributed by atoms with Crippen LogP contribution in [0.15, 0.2) is 48.6 Å². The third kappa shape index (κ3) is 5.79. The summed E-state index contributed by atoms with van der Waals surface area (Å²) in [4.78, 5) is 20.4. The van der Waals surface area contributed by atoms with Crippen LogP contribution in [0.5, 0.6) is 0 Å². The summed E-state index contributed by atoms with van der Waals surface area (Å²) >= 11 is 0. The summed E-state index contributed by atoms with van der Waals surface area (Å²) < 4.78 is 31.4. The molecule has 0 unspecified atom stereocenters. The summed E-state index contributed by atoms with van der Waals surface area (Å²) in [6, 6.07) is 6.48. The zero-order valence-corrected chi connectivity index (χ0v) is 13.9. The highest BCUT2D eigenvalue weighted by molar-refractivity contribution is 5.61. The number of halogens is 2. The monoisotopic (exact) mass is 376 g/mol. The molecule has 27 heavy (non-hydrogen) atoms. The van der Waals surface area contributed by atoms with Gasteiger partial charge in [0.2, 0.25) is 0 Å². The van der Waals surface area contributed by atoms with Gasteiger partial charge in [0.05, 0.1) is 46.3 Å². The fourth-order valence-corrected chi connectivity index (χ4v) is 2.19. The van der Waals surface area contributed by atoms with Gasteiger partial charge in [-0.25, -0.2) is 8.78 Å². The Bertz CT molecular complexity index is 839. The van der Waals surface area contributed by atoms with E-state index in [1.54, 1.807) is 0 Å². The van der Waals surface area contributed by atoms with Gasteiger partial charge in [0.25, 0.3) is 11.4 Å². The van der Waals surface area contributed by atoms with Crippen LogP contribution in [-0.2, 0) is 4.74 Å². The topological polar surface area (TPSA) is 95.5 Å². The average molecular weight is 376 g/mol. The number of benzene rings is 2. The molecule has 9 heteroatoms. The number of nitrogens with zero attached hydrogens (tertiary/aromatic N) is 2. The molecule has 2 aromatic carbocycles. The van der Waals surface area contributed by atoms with E-state index in [4.69, 9.17) is 4.74 Å².